The lowest BCUT2D eigenvalue weighted by atomic mass is 10.2. The molecular weight excluding hydrogens is 207 g/mol. The van der Waals surface area contributed by atoms with Crippen molar-refractivity contribution in [2.45, 2.75) is 32.2 Å². The zero-order valence-corrected chi connectivity index (χ0v) is 9.24. The Hall–Kier alpha value is -1.45. The highest BCUT2D eigenvalue weighted by atomic mass is 19.1. The topological polar surface area (TPSA) is 42.0 Å². The van der Waals surface area contributed by atoms with Crippen LogP contribution in [0.2, 0.25) is 0 Å². The molecule has 16 heavy (non-hydrogen) atoms. The fourth-order valence-electron chi connectivity index (χ4n) is 1.92. The molecule has 0 aliphatic heterocycles. The number of pyridine rings is 1. The summed E-state index contributed by atoms with van der Waals surface area (Å²) in [6.45, 7) is 2.12. The van der Waals surface area contributed by atoms with Crippen LogP contribution in [0.25, 0.3) is 0 Å². The number of nitrogens with zero attached hydrogens (tertiary/aromatic N) is 1. The maximum Gasteiger partial charge on any atom is 0.254 e. The summed E-state index contributed by atoms with van der Waals surface area (Å²) in [6, 6.07) is 1.64. The molecule has 1 aromatic rings. The Morgan fingerprint density at radius 1 is 1.69 bits per heavy atom. The predicted molar refractivity (Wildman–Crippen MR) is 58.5 cm³/mol. The first-order chi connectivity index (χ1) is 7.72. The SMILES string of the molecule is CCCC1CC1NC(=O)c1ccncc1F. The van der Waals surface area contributed by atoms with Gasteiger partial charge < -0.3 is 5.32 Å². The summed E-state index contributed by atoms with van der Waals surface area (Å²) in [5, 5.41) is 2.84. The van der Waals surface area contributed by atoms with Crippen molar-refractivity contribution in [3.63, 3.8) is 0 Å². The third kappa shape index (κ3) is 2.38. The summed E-state index contributed by atoms with van der Waals surface area (Å²) < 4.78 is 13.2. The standard InChI is InChI=1S/C12H15FN2O/c1-2-3-8-6-11(8)15-12(16)9-4-5-14-7-10(9)13/h4-5,7-8,11H,2-3,6H2,1H3,(H,15,16). The van der Waals surface area contributed by atoms with E-state index >= 15 is 0 Å². The van der Waals surface area contributed by atoms with Crippen molar-refractivity contribution in [1.82, 2.24) is 10.3 Å². The van der Waals surface area contributed by atoms with Crippen molar-refractivity contribution < 1.29 is 9.18 Å². The van der Waals surface area contributed by atoms with Crippen LogP contribution in [0, 0.1) is 11.7 Å². The maximum absolute atomic E-state index is 13.2. The van der Waals surface area contributed by atoms with E-state index in [1.807, 2.05) is 0 Å². The molecule has 1 N–H and O–H groups in total. The smallest absolute Gasteiger partial charge is 0.254 e. The summed E-state index contributed by atoms with van der Waals surface area (Å²) in [5.74, 6) is -0.310. The Balaban J connectivity index is 1.92. The lowest BCUT2D eigenvalue weighted by molar-refractivity contribution is 0.0944. The van der Waals surface area contributed by atoms with Gasteiger partial charge in [0.05, 0.1) is 11.8 Å². The summed E-state index contributed by atoms with van der Waals surface area (Å²) in [6.07, 6.45) is 5.76. The molecule has 0 aromatic carbocycles. The Morgan fingerprint density at radius 2 is 2.50 bits per heavy atom. The second kappa shape index (κ2) is 4.60. The summed E-state index contributed by atoms with van der Waals surface area (Å²) in [4.78, 5) is 15.3. The van der Waals surface area contributed by atoms with Gasteiger partial charge in [0.1, 0.15) is 0 Å². The van der Waals surface area contributed by atoms with Gasteiger partial charge in [-0.05, 0) is 24.8 Å². The van der Waals surface area contributed by atoms with E-state index in [-0.39, 0.29) is 17.5 Å². The number of aromatic nitrogens is 1. The van der Waals surface area contributed by atoms with Gasteiger partial charge in [0.2, 0.25) is 0 Å². The van der Waals surface area contributed by atoms with Gasteiger partial charge >= 0.3 is 0 Å². The zero-order chi connectivity index (χ0) is 11.5. The van der Waals surface area contributed by atoms with Crippen LogP contribution in [0.4, 0.5) is 4.39 Å². The number of nitrogens with one attached hydrogen (secondary N) is 1. The highest BCUT2D eigenvalue weighted by molar-refractivity contribution is 5.94. The molecule has 1 aliphatic carbocycles. The van der Waals surface area contributed by atoms with Gasteiger partial charge in [-0.1, -0.05) is 13.3 Å². The van der Waals surface area contributed by atoms with Crippen molar-refractivity contribution in [1.29, 1.82) is 0 Å². The van der Waals surface area contributed by atoms with Crippen LogP contribution >= 0.6 is 0 Å². The molecule has 3 nitrogen and oxygen atoms in total. The average molecular weight is 222 g/mol. The third-order valence-electron chi connectivity index (χ3n) is 2.92. The van der Waals surface area contributed by atoms with Crippen LogP contribution in [-0.2, 0) is 0 Å². The summed E-state index contributed by atoms with van der Waals surface area (Å²) >= 11 is 0. The molecule has 4 heteroatoms. The molecule has 1 amide bonds. The van der Waals surface area contributed by atoms with E-state index < -0.39 is 5.82 Å². The summed E-state index contributed by atoms with van der Waals surface area (Å²) in [7, 11) is 0. The van der Waals surface area contributed by atoms with Gasteiger partial charge in [-0.15, -0.1) is 0 Å². The second-order valence-corrected chi connectivity index (χ2v) is 4.22. The molecule has 86 valence electrons. The molecule has 1 saturated carbocycles. The molecule has 1 aromatic heterocycles. The van der Waals surface area contributed by atoms with E-state index in [9.17, 15) is 9.18 Å². The van der Waals surface area contributed by atoms with Gasteiger partial charge in [0, 0.05) is 12.2 Å². The minimum absolute atomic E-state index is 0.0807. The van der Waals surface area contributed by atoms with Gasteiger partial charge in [-0.3, -0.25) is 9.78 Å². The summed E-state index contributed by atoms with van der Waals surface area (Å²) in [5.41, 5.74) is 0.0807. The van der Waals surface area contributed by atoms with Crippen LogP contribution < -0.4 is 5.32 Å². The number of hydrogen-bond acceptors (Lipinski definition) is 2. The Bertz CT molecular complexity index is 394. The van der Waals surface area contributed by atoms with Crippen molar-refractivity contribution in [2.24, 2.45) is 5.92 Å². The minimum Gasteiger partial charge on any atom is -0.349 e. The minimum atomic E-state index is -0.562. The van der Waals surface area contributed by atoms with Gasteiger partial charge in [-0.2, -0.15) is 0 Å². The van der Waals surface area contributed by atoms with Crippen molar-refractivity contribution in [2.75, 3.05) is 0 Å². The molecule has 1 fully saturated rings. The number of carbonyl (C=O) groups excluding carboxylic acids is 1. The lowest BCUT2D eigenvalue weighted by Crippen LogP contribution is -2.27. The largest absolute Gasteiger partial charge is 0.349 e. The molecule has 2 atom stereocenters. The van der Waals surface area contributed by atoms with Gasteiger partial charge in [-0.25, -0.2) is 4.39 Å². The van der Waals surface area contributed by atoms with Crippen LogP contribution in [0.15, 0.2) is 18.5 Å². The monoisotopic (exact) mass is 222 g/mol. The number of amides is 1. The normalized spacial score (nSPS) is 22.9. The lowest BCUT2D eigenvalue weighted by Gasteiger charge is -2.04. The van der Waals surface area contributed by atoms with Crippen molar-refractivity contribution in [3.8, 4) is 0 Å². The van der Waals surface area contributed by atoms with E-state index in [0.717, 1.165) is 25.5 Å². The van der Waals surface area contributed by atoms with E-state index in [1.54, 1.807) is 0 Å². The first-order valence-corrected chi connectivity index (χ1v) is 5.62. The quantitative estimate of drug-likeness (QED) is 0.848. The van der Waals surface area contributed by atoms with Crippen molar-refractivity contribution >= 4 is 5.91 Å². The first kappa shape index (κ1) is 11.0. The Labute approximate surface area is 94.1 Å². The number of halogens is 1. The Kier molecular flexibility index (Phi) is 3.17. The van der Waals surface area contributed by atoms with Gasteiger partial charge in [0.25, 0.3) is 5.91 Å². The predicted octanol–water partition coefficient (Wildman–Crippen LogP) is 2.14. The van der Waals surface area contributed by atoms with Gasteiger partial charge in [0.15, 0.2) is 5.82 Å². The van der Waals surface area contributed by atoms with E-state index in [2.05, 4.69) is 17.2 Å². The van der Waals surface area contributed by atoms with Crippen LogP contribution in [0.3, 0.4) is 0 Å². The number of carbonyl (C=O) groups is 1. The van der Waals surface area contributed by atoms with Crippen LogP contribution in [0.5, 0.6) is 0 Å². The zero-order valence-electron chi connectivity index (χ0n) is 9.24. The third-order valence-corrected chi connectivity index (χ3v) is 2.92. The van der Waals surface area contributed by atoms with Crippen LogP contribution in [0.1, 0.15) is 36.5 Å². The first-order valence-electron chi connectivity index (χ1n) is 5.62. The molecule has 2 rings (SSSR count). The van der Waals surface area contributed by atoms with E-state index in [0.29, 0.717) is 5.92 Å². The number of hydrogen-bond donors (Lipinski definition) is 1. The van der Waals surface area contributed by atoms with Crippen molar-refractivity contribution in [3.05, 3.63) is 29.8 Å². The van der Waals surface area contributed by atoms with Crippen LogP contribution in [-0.4, -0.2) is 16.9 Å². The number of rotatable bonds is 4. The van der Waals surface area contributed by atoms with E-state index in [4.69, 9.17) is 0 Å². The molecule has 2 unspecified atom stereocenters. The highest BCUT2D eigenvalue weighted by Gasteiger charge is 2.37. The highest BCUT2D eigenvalue weighted by Crippen LogP contribution is 2.34. The molecule has 0 spiro atoms. The molecule has 1 heterocycles. The molecule has 0 radical (unpaired) electrons. The molecule has 1 aliphatic rings. The fraction of sp³-hybridized carbons (Fsp3) is 0.500. The molecular formula is C12H15FN2O. The maximum atomic E-state index is 13.2. The molecule has 0 bridgehead atoms. The molecule has 0 saturated heterocycles. The Morgan fingerprint density at radius 3 is 3.19 bits per heavy atom. The fourth-order valence-corrected chi connectivity index (χ4v) is 1.92. The van der Waals surface area contributed by atoms with E-state index in [1.165, 1.54) is 12.3 Å². The second-order valence-electron chi connectivity index (χ2n) is 4.22. The average Bonchev–Trinajstić information content (AvgIpc) is 2.97.